The predicted octanol–water partition coefficient (Wildman–Crippen LogP) is 2.49. The fourth-order valence-electron chi connectivity index (χ4n) is 4.36. The van der Waals surface area contributed by atoms with E-state index in [9.17, 15) is 13.9 Å². The SMILES string of the molecule is CN1CC[C@]2(c3ccc4c(c3)OC(F)(F)O4)CC[C@H](O)C[C@H]12. The Kier molecular flexibility index (Phi) is 2.94. The van der Waals surface area contributed by atoms with Gasteiger partial charge in [-0.3, -0.25) is 0 Å². The molecule has 1 saturated heterocycles. The second-order valence-corrected chi connectivity index (χ2v) is 6.66. The molecule has 1 N–H and O–H groups in total. The Morgan fingerprint density at radius 3 is 2.82 bits per heavy atom. The van der Waals surface area contributed by atoms with Gasteiger partial charge in [0, 0.05) is 11.5 Å². The molecule has 3 atom stereocenters. The van der Waals surface area contributed by atoms with E-state index in [1.165, 1.54) is 0 Å². The second-order valence-electron chi connectivity index (χ2n) is 6.66. The molecule has 3 aliphatic rings. The molecular weight excluding hydrogens is 292 g/mol. The Balaban J connectivity index is 1.72. The normalized spacial score (nSPS) is 36.4. The molecule has 1 aromatic carbocycles. The van der Waals surface area contributed by atoms with Gasteiger partial charge in [-0.05, 0) is 57.0 Å². The van der Waals surface area contributed by atoms with Crippen molar-refractivity contribution >= 4 is 0 Å². The van der Waals surface area contributed by atoms with Crippen LogP contribution in [-0.4, -0.2) is 42.0 Å². The zero-order valence-corrected chi connectivity index (χ0v) is 12.4. The van der Waals surface area contributed by atoms with Crippen molar-refractivity contribution in [1.29, 1.82) is 0 Å². The Morgan fingerprint density at radius 2 is 2.00 bits per heavy atom. The lowest BCUT2D eigenvalue weighted by Gasteiger charge is -2.43. The maximum absolute atomic E-state index is 13.2. The number of aliphatic hydroxyl groups excluding tert-OH is 1. The van der Waals surface area contributed by atoms with E-state index in [0.717, 1.165) is 37.8 Å². The summed E-state index contributed by atoms with van der Waals surface area (Å²) in [6, 6.07) is 5.37. The number of likely N-dealkylation sites (N-methyl/N-ethyl adjacent to an activating group) is 1. The molecule has 4 nitrogen and oxygen atoms in total. The fourth-order valence-corrected chi connectivity index (χ4v) is 4.36. The highest BCUT2D eigenvalue weighted by Crippen LogP contribution is 2.51. The Bertz CT molecular complexity index is 609. The third kappa shape index (κ3) is 2.01. The topological polar surface area (TPSA) is 41.9 Å². The van der Waals surface area contributed by atoms with Crippen LogP contribution in [0.5, 0.6) is 11.5 Å². The number of hydrogen-bond donors (Lipinski definition) is 1. The largest absolute Gasteiger partial charge is 0.586 e. The van der Waals surface area contributed by atoms with Gasteiger partial charge in [-0.2, -0.15) is 0 Å². The molecule has 0 aromatic heterocycles. The first kappa shape index (κ1) is 14.2. The number of aliphatic hydroxyl groups is 1. The van der Waals surface area contributed by atoms with Crippen LogP contribution in [0.4, 0.5) is 8.78 Å². The van der Waals surface area contributed by atoms with Gasteiger partial charge in [-0.25, -0.2) is 0 Å². The maximum atomic E-state index is 13.2. The molecule has 6 heteroatoms. The van der Waals surface area contributed by atoms with Gasteiger partial charge in [0.15, 0.2) is 11.5 Å². The molecule has 1 saturated carbocycles. The lowest BCUT2D eigenvalue weighted by Crippen LogP contribution is -2.47. The molecular formula is C16H19F2NO3. The number of benzene rings is 1. The molecule has 0 bridgehead atoms. The molecule has 4 rings (SSSR count). The number of rotatable bonds is 1. The van der Waals surface area contributed by atoms with Gasteiger partial charge in [0.25, 0.3) is 0 Å². The summed E-state index contributed by atoms with van der Waals surface area (Å²) >= 11 is 0. The van der Waals surface area contributed by atoms with Crippen LogP contribution in [-0.2, 0) is 5.41 Å². The molecule has 1 aromatic rings. The van der Waals surface area contributed by atoms with Gasteiger partial charge in [0.05, 0.1) is 6.10 Å². The summed E-state index contributed by atoms with van der Waals surface area (Å²) in [7, 11) is 2.06. The van der Waals surface area contributed by atoms with Crippen LogP contribution in [0.1, 0.15) is 31.2 Å². The van der Waals surface area contributed by atoms with E-state index >= 15 is 0 Å². The van der Waals surface area contributed by atoms with Crippen LogP contribution in [0.3, 0.4) is 0 Å². The summed E-state index contributed by atoms with van der Waals surface area (Å²) in [6.07, 6.45) is -0.559. The van der Waals surface area contributed by atoms with E-state index in [4.69, 9.17) is 0 Å². The van der Waals surface area contributed by atoms with Crippen molar-refractivity contribution in [3.05, 3.63) is 23.8 Å². The van der Waals surface area contributed by atoms with Gasteiger partial charge >= 0.3 is 6.29 Å². The van der Waals surface area contributed by atoms with E-state index in [1.807, 2.05) is 6.07 Å². The summed E-state index contributed by atoms with van der Waals surface area (Å²) in [5, 5.41) is 9.99. The molecule has 2 fully saturated rings. The van der Waals surface area contributed by atoms with E-state index in [2.05, 4.69) is 21.4 Å². The average molecular weight is 311 g/mol. The minimum atomic E-state index is -3.58. The summed E-state index contributed by atoms with van der Waals surface area (Å²) < 4.78 is 35.5. The van der Waals surface area contributed by atoms with Crippen molar-refractivity contribution in [3.63, 3.8) is 0 Å². The van der Waals surface area contributed by atoms with Crippen LogP contribution in [0, 0.1) is 0 Å². The number of alkyl halides is 2. The maximum Gasteiger partial charge on any atom is 0.586 e. The number of halogens is 2. The van der Waals surface area contributed by atoms with Crippen LogP contribution in [0.25, 0.3) is 0 Å². The molecule has 120 valence electrons. The molecule has 2 heterocycles. The lowest BCUT2D eigenvalue weighted by atomic mass is 9.65. The molecule has 2 aliphatic heterocycles. The fraction of sp³-hybridized carbons (Fsp3) is 0.625. The quantitative estimate of drug-likeness (QED) is 0.865. The first-order chi connectivity index (χ1) is 10.4. The summed E-state index contributed by atoms with van der Waals surface area (Å²) in [4.78, 5) is 2.27. The van der Waals surface area contributed by atoms with Gasteiger partial charge < -0.3 is 19.5 Å². The Labute approximate surface area is 127 Å². The smallest absolute Gasteiger partial charge is 0.395 e. The second kappa shape index (κ2) is 4.55. The molecule has 0 spiro atoms. The van der Waals surface area contributed by atoms with Gasteiger partial charge in [-0.1, -0.05) is 6.07 Å². The van der Waals surface area contributed by atoms with Crippen molar-refractivity contribution < 1.29 is 23.4 Å². The van der Waals surface area contributed by atoms with Crippen LogP contribution in [0.2, 0.25) is 0 Å². The van der Waals surface area contributed by atoms with Crippen LogP contribution < -0.4 is 9.47 Å². The molecule has 1 aliphatic carbocycles. The van der Waals surface area contributed by atoms with E-state index < -0.39 is 6.29 Å². The minimum Gasteiger partial charge on any atom is -0.395 e. The zero-order chi connectivity index (χ0) is 15.5. The summed E-state index contributed by atoms with van der Waals surface area (Å²) in [5.74, 6) is 0.195. The molecule has 22 heavy (non-hydrogen) atoms. The standard InChI is InChI=1S/C16H19F2NO3/c1-19-7-6-15(5-4-11(20)9-14(15)19)10-2-3-12-13(8-10)22-16(17,18)21-12/h2-3,8,11,14,20H,4-7,9H2,1H3/t11-,14-,15-/m0/s1. The van der Waals surface area contributed by atoms with Crippen molar-refractivity contribution in [1.82, 2.24) is 4.90 Å². The summed E-state index contributed by atoms with van der Waals surface area (Å²) in [6.45, 7) is 0.946. The first-order valence-electron chi connectivity index (χ1n) is 7.68. The van der Waals surface area contributed by atoms with Crippen LogP contribution >= 0.6 is 0 Å². The number of nitrogens with zero attached hydrogens (tertiary/aromatic N) is 1. The minimum absolute atomic E-state index is 0.0869. The van der Waals surface area contributed by atoms with E-state index in [-0.39, 0.29) is 29.1 Å². The molecule has 0 radical (unpaired) electrons. The number of fused-ring (bicyclic) bond motifs is 2. The van der Waals surface area contributed by atoms with Gasteiger partial charge in [-0.15, -0.1) is 8.78 Å². The van der Waals surface area contributed by atoms with Crippen LogP contribution in [0.15, 0.2) is 18.2 Å². The highest BCUT2D eigenvalue weighted by Gasteiger charge is 2.51. The Hall–Kier alpha value is -1.40. The molecule has 0 amide bonds. The third-order valence-corrected chi connectivity index (χ3v) is 5.48. The highest BCUT2D eigenvalue weighted by molar-refractivity contribution is 5.48. The first-order valence-corrected chi connectivity index (χ1v) is 7.68. The van der Waals surface area contributed by atoms with Gasteiger partial charge in [0.1, 0.15) is 0 Å². The number of hydrogen-bond acceptors (Lipinski definition) is 4. The van der Waals surface area contributed by atoms with Crippen molar-refractivity contribution in [2.75, 3.05) is 13.6 Å². The predicted molar refractivity (Wildman–Crippen MR) is 75.2 cm³/mol. The number of likely N-dealkylation sites (tertiary alicyclic amines) is 1. The van der Waals surface area contributed by atoms with Gasteiger partial charge in [0.2, 0.25) is 0 Å². The van der Waals surface area contributed by atoms with Crippen molar-refractivity contribution in [2.24, 2.45) is 0 Å². The highest BCUT2D eigenvalue weighted by atomic mass is 19.3. The van der Waals surface area contributed by atoms with Crippen molar-refractivity contribution in [3.8, 4) is 11.5 Å². The zero-order valence-electron chi connectivity index (χ0n) is 12.4. The average Bonchev–Trinajstić information content (AvgIpc) is 2.95. The number of ether oxygens (including phenoxy) is 2. The van der Waals surface area contributed by atoms with E-state index in [0.29, 0.717) is 0 Å². The third-order valence-electron chi connectivity index (χ3n) is 5.48. The molecule has 0 unspecified atom stereocenters. The van der Waals surface area contributed by atoms with Crippen molar-refractivity contribution in [2.45, 2.75) is 49.5 Å². The monoisotopic (exact) mass is 311 g/mol. The summed E-state index contributed by atoms with van der Waals surface area (Å²) in [5.41, 5.74) is 0.915. The lowest BCUT2D eigenvalue weighted by molar-refractivity contribution is -0.286. The van der Waals surface area contributed by atoms with E-state index in [1.54, 1.807) is 12.1 Å². The Morgan fingerprint density at radius 1 is 1.23 bits per heavy atom.